The Morgan fingerprint density at radius 2 is 1.36 bits per heavy atom. The molecule has 0 aromatic heterocycles. The Balaban J connectivity index is 1.91. The molecule has 0 heterocycles. The maximum Gasteiger partial charge on any atom is 0.416 e. The number of hydrogen-bond donors (Lipinski definition) is 0. The fourth-order valence-corrected chi connectivity index (χ4v) is 5.36. The van der Waals surface area contributed by atoms with Crippen molar-refractivity contribution in [1.29, 1.82) is 0 Å². The Bertz CT molecular complexity index is 1520. The summed E-state index contributed by atoms with van der Waals surface area (Å²) >= 11 is 0. The Morgan fingerprint density at radius 3 is 1.95 bits per heavy atom. The van der Waals surface area contributed by atoms with Crippen molar-refractivity contribution in [3.63, 3.8) is 0 Å². The summed E-state index contributed by atoms with van der Waals surface area (Å²) in [7, 11) is -3.03. The molecule has 0 saturated carbocycles. The minimum atomic E-state index is -4.73. The molecule has 202 valence electrons. The number of alkyl halides is 3. The van der Waals surface area contributed by atoms with Gasteiger partial charge in [0.25, 0.3) is 0 Å². The second-order valence-electron chi connectivity index (χ2n) is 9.39. The van der Waals surface area contributed by atoms with Crippen LogP contribution >= 0.6 is 0 Å². The number of halogens is 3. The van der Waals surface area contributed by atoms with E-state index in [1.165, 1.54) is 18.2 Å². The van der Waals surface area contributed by atoms with Gasteiger partial charge in [-0.15, -0.1) is 0 Å². The number of aryl methyl sites for hydroxylation is 1. The molecule has 4 rings (SSSR count). The van der Waals surface area contributed by atoms with Gasteiger partial charge in [-0.3, -0.25) is 0 Å². The molecule has 0 saturated heterocycles. The van der Waals surface area contributed by atoms with Crippen molar-refractivity contribution in [2.75, 3.05) is 0 Å². The number of nitrogens with zero attached hydrogens (tertiary/aromatic N) is 1. The third-order valence-electron chi connectivity index (χ3n) is 6.56. The van der Waals surface area contributed by atoms with E-state index in [2.05, 4.69) is 4.36 Å². The van der Waals surface area contributed by atoms with Gasteiger partial charge >= 0.3 is 16.7 Å². The molecule has 4 nitrogen and oxygen atoms in total. The van der Waals surface area contributed by atoms with Crippen molar-refractivity contribution < 1.29 is 26.3 Å². The molecule has 0 fully saturated rings. The van der Waals surface area contributed by atoms with Crippen molar-refractivity contribution in [2.24, 2.45) is 4.36 Å². The van der Waals surface area contributed by atoms with Crippen LogP contribution in [0.4, 0.5) is 13.2 Å². The van der Waals surface area contributed by atoms with Gasteiger partial charge in [-0.2, -0.15) is 26.0 Å². The maximum atomic E-state index is 14.3. The second-order valence-corrected chi connectivity index (χ2v) is 10.0. The summed E-state index contributed by atoms with van der Waals surface area (Å²) in [5, 5.41) is 0. The van der Waals surface area contributed by atoms with E-state index in [1.807, 2.05) is 60.7 Å². The summed E-state index contributed by atoms with van der Waals surface area (Å²) < 4.78 is 77.9. The summed E-state index contributed by atoms with van der Waals surface area (Å²) in [6, 6.07) is 30.6. The van der Waals surface area contributed by atoms with Gasteiger partial charge < -0.3 is 4.74 Å². The van der Waals surface area contributed by atoms with Crippen LogP contribution in [0.1, 0.15) is 39.8 Å². The van der Waals surface area contributed by atoms with Crippen LogP contribution in [0, 0.1) is 6.92 Å². The van der Waals surface area contributed by atoms with Crippen LogP contribution in [0.2, 0.25) is 0 Å². The van der Waals surface area contributed by atoms with Gasteiger partial charge in [-0.1, -0.05) is 109 Å². The predicted octanol–water partition coefficient (Wildman–Crippen LogP) is 7.54. The third kappa shape index (κ3) is 7.22. The molecule has 0 amide bonds. The molecular weight excluding hydrogens is 523 g/mol. The first-order chi connectivity index (χ1) is 18.7. The second kappa shape index (κ2) is 12.4. The van der Waals surface area contributed by atoms with Crippen molar-refractivity contribution in [1.82, 2.24) is 0 Å². The van der Waals surface area contributed by atoms with Crippen LogP contribution in [0.15, 0.2) is 114 Å². The van der Waals surface area contributed by atoms with Crippen LogP contribution in [-0.4, -0.2) is 14.5 Å². The molecule has 4 aromatic carbocycles. The first kappa shape index (κ1) is 28.3. The molecule has 0 radical (unpaired) electrons. The van der Waals surface area contributed by atoms with Crippen LogP contribution in [0.5, 0.6) is 0 Å². The van der Waals surface area contributed by atoms with E-state index in [-0.39, 0.29) is 18.6 Å². The highest BCUT2D eigenvalue weighted by atomic mass is 32.2. The molecule has 0 bridgehead atoms. The zero-order valence-corrected chi connectivity index (χ0v) is 22.1. The molecule has 2 unspecified atom stereocenters. The minimum Gasteiger partial charge on any atom is -0.373 e. The lowest BCUT2D eigenvalue weighted by molar-refractivity contribution is -0.138. The average Bonchev–Trinajstić information content (AvgIpc) is 2.92. The smallest absolute Gasteiger partial charge is 0.373 e. The third-order valence-corrected chi connectivity index (χ3v) is 7.02. The average molecular weight is 552 g/mol. The largest absolute Gasteiger partial charge is 0.416 e. The first-order valence-corrected chi connectivity index (χ1v) is 13.5. The van der Waals surface area contributed by atoms with E-state index in [0.29, 0.717) is 12.0 Å². The lowest BCUT2D eigenvalue weighted by Crippen LogP contribution is -2.35. The highest BCUT2D eigenvalue weighted by Gasteiger charge is 2.45. The standard InChI is InChI=1S/C31H28F3NO3S/c1-23-11-10-16-26(19-23)30(35-39(36)37,28-17-8-9-18-29(28)31(32,33)34)21-27(20-24-12-4-2-5-13-24)38-22-25-14-6-3-7-15-25/h2-19,27H,20-22H2,1H3. The van der Waals surface area contributed by atoms with Gasteiger partial charge in [0, 0.05) is 6.42 Å². The lowest BCUT2D eigenvalue weighted by Gasteiger charge is -2.35. The van der Waals surface area contributed by atoms with Gasteiger partial charge in [0.2, 0.25) is 0 Å². The molecule has 8 heteroatoms. The van der Waals surface area contributed by atoms with E-state index in [0.717, 1.165) is 22.8 Å². The molecule has 0 aliphatic heterocycles. The van der Waals surface area contributed by atoms with E-state index < -0.39 is 33.9 Å². The first-order valence-electron chi connectivity index (χ1n) is 12.4. The van der Waals surface area contributed by atoms with Crippen molar-refractivity contribution in [3.8, 4) is 0 Å². The fourth-order valence-electron chi connectivity index (χ4n) is 4.83. The molecule has 39 heavy (non-hydrogen) atoms. The number of ether oxygens (including phenoxy) is 1. The summed E-state index contributed by atoms with van der Waals surface area (Å²) in [4.78, 5) is 0. The minimum absolute atomic E-state index is 0.140. The Hall–Kier alpha value is -3.75. The Morgan fingerprint density at radius 1 is 0.769 bits per heavy atom. The lowest BCUT2D eigenvalue weighted by atomic mass is 9.76. The molecule has 4 aromatic rings. The Kier molecular flexibility index (Phi) is 8.99. The molecule has 0 spiro atoms. The SMILES string of the molecule is Cc1cccc(C(CC(Cc2ccccc2)OCc2ccccc2)(N=S(=O)=O)c2ccccc2C(F)(F)F)c1. The van der Waals surface area contributed by atoms with Gasteiger partial charge in [0.1, 0.15) is 5.54 Å². The van der Waals surface area contributed by atoms with Gasteiger partial charge in [0.05, 0.1) is 18.3 Å². The van der Waals surface area contributed by atoms with Crippen LogP contribution in [0.3, 0.4) is 0 Å². The highest BCUT2D eigenvalue weighted by Crippen LogP contribution is 2.45. The van der Waals surface area contributed by atoms with E-state index >= 15 is 0 Å². The molecule has 0 aliphatic rings. The van der Waals surface area contributed by atoms with Crippen molar-refractivity contribution in [3.05, 3.63) is 143 Å². The zero-order valence-electron chi connectivity index (χ0n) is 21.3. The predicted molar refractivity (Wildman–Crippen MR) is 145 cm³/mol. The monoisotopic (exact) mass is 551 g/mol. The van der Waals surface area contributed by atoms with Crippen molar-refractivity contribution in [2.45, 2.75) is 44.2 Å². The highest BCUT2D eigenvalue weighted by molar-refractivity contribution is 7.61. The van der Waals surface area contributed by atoms with Crippen LogP contribution in [-0.2, 0) is 40.0 Å². The van der Waals surface area contributed by atoms with E-state index in [4.69, 9.17) is 4.74 Å². The zero-order chi connectivity index (χ0) is 27.9. The molecule has 2 atom stereocenters. The van der Waals surface area contributed by atoms with Crippen molar-refractivity contribution >= 4 is 10.5 Å². The maximum absolute atomic E-state index is 14.3. The topological polar surface area (TPSA) is 55.7 Å². The molecule has 0 aliphatic carbocycles. The fraction of sp³-hybridized carbons (Fsp3) is 0.226. The molecular formula is C31H28F3NO3S. The van der Waals surface area contributed by atoms with Crippen LogP contribution in [0.25, 0.3) is 0 Å². The van der Waals surface area contributed by atoms with Gasteiger partial charge in [0.15, 0.2) is 0 Å². The van der Waals surface area contributed by atoms with Gasteiger partial charge in [-0.05, 0) is 41.7 Å². The summed E-state index contributed by atoms with van der Waals surface area (Å²) in [6.45, 7) is 2.00. The number of rotatable bonds is 10. The number of hydrogen-bond acceptors (Lipinski definition) is 4. The van der Waals surface area contributed by atoms with Crippen LogP contribution < -0.4 is 0 Å². The number of benzene rings is 4. The Labute approximate surface area is 227 Å². The normalized spacial score (nSPS) is 13.8. The van der Waals surface area contributed by atoms with E-state index in [9.17, 15) is 21.6 Å². The summed E-state index contributed by atoms with van der Waals surface area (Å²) in [6.07, 6.45) is -5.21. The van der Waals surface area contributed by atoms with Gasteiger partial charge in [-0.25, -0.2) is 0 Å². The van der Waals surface area contributed by atoms with E-state index in [1.54, 1.807) is 31.2 Å². The summed E-state index contributed by atoms with van der Waals surface area (Å²) in [5.74, 6) is 0. The molecule has 0 N–H and O–H groups in total. The quantitative estimate of drug-likeness (QED) is 0.205. The summed E-state index contributed by atoms with van der Waals surface area (Å²) in [5.41, 5.74) is -0.183.